The molecule has 1 aromatic rings. The van der Waals surface area contributed by atoms with Crippen LogP contribution in [-0.4, -0.2) is 51.6 Å². The number of hydrogen-bond donors (Lipinski definition) is 1. The Morgan fingerprint density at radius 1 is 0.882 bits per heavy atom. The molecule has 6 unspecified atom stereocenters. The summed E-state index contributed by atoms with van der Waals surface area (Å²) in [6, 6.07) is 4.06. The number of amides is 4. The second-order valence-electron chi connectivity index (χ2n) is 9.89. The Labute approximate surface area is 197 Å². The van der Waals surface area contributed by atoms with Gasteiger partial charge >= 0.3 is 0 Å². The quantitative estimate of drug-likeness (QED) is 0.530. The maximum atomic E-state index is 14.4. The highest BCUT2D eigenvalue weighted by atomic mass is 19.1. The Morgan fingerprint density at radius 2 is 1.50 bits per heavy atom. The molecule has 2 aliphatic carbocycles. The molecule has 5 rings (SSSR count). The lowest BCUT2D eigenvalue weighted by Crippen LogP contribution is -2.43. The van der Waals surface area contributed by atoms with Crippen LogP contribution in [0.25, 0.3) is 0 Å². The van der Waals surface area contributed by atoms with E-state index in [0.717, 1.165) is 5.57 Å². The molecule has 180 valence electrons. The van der Waals surface area contributed by atoms with Gasteiger partial charge in [0, 0.05) is 19.0 Å². The lowest BCUT2D eigenvalue weighted by Gasteiger charge is -2.44. The van der Waals surface area contributed by atoms with Gasteiger partial charge in [-0.3, -0.25) is 29.0 Å². The average molecular weight is 469 g/mol. The lowest BCUT2D eigenvalue weighted by molar-refractivity contribution is -0.142. The smallest absolute Gasteiger partial charge is 0.234 e. The number of phenols is 1. The van der Waals surface area contributed by atoms with Crippen molar-refractivity contribution < 1.29 is 28.7 Å². The van der Waals surface area contributed by atoms with Crippen molar-refractivity contribution in [1.29, 1.82) is 0 Å². The first-order valence-corrected chi connectivity index (χ1v) is 12.2. The molecule has 0 spiro atoms. The SMILES string of the molecule is CCCN1C(=O)C2CC=C3C(CC4C(=O)N(CCC)C(=O)C4C3c3ccc(O)c(F)c3)C2C1=O. The minimum Gasteiger partial charge on any atom is -0.505 e. The Hall–Kier alpha value is -3.03. The molecule has 1 saturated carbocycles. The first-order chi connectivity index (χ1) is 16.3. The minimum atomic E-state index is -0.797. The molecule has 8 heteroatoms. The fraction of sp³-hybridized carbons (Fsp3) is 0.538. The monoisotopic (exact) mass is 468 g/mol. The van der Waals surface area contributed by atoms with Crippen molar-refractivity contribution in [3.05, 3.63) is 41.2 Å². The first kappa shape index (κ1) is 22.7. The molecule has 2 aliphatic heterocycles. The summed E-state index contributed by atoms with van der Waals surface area (Å²) in [6.07, 6.45) is 3.96. The molecule has 7 nitrogen and oxygen atoms in total. The third kappa shape index (κ3) is 3.14. The fourth-order valence-corrected chi connectivity index (χ4v) is 6.70. The van der Waals surface area contributed by atoms with Gasteiger partial charge in [0.25, 0.3) is 0 Å². The summed E-state index contributed by atoms with van der Waals surface area (Å²) in [7, 11) is 0. The van der Waals surface area contributed by atoms with Gasteiger partial charge < -0.3 is 5.11 Å². The van der Waals surface area contributed by atoms with Gasteiger partial charge in [0.2, 0.25) is 23.6 Å². The molecule has 3 fully saturated rings. The van der Waals surface area contributed by atoms with E-state index in [9.17, 15) is 28.7 Å². The molecule has 2 saturated heterocycles. The van der Waals surface area contributed by atoms with E-state index < -0.39 is 41.2 Å². The number of likely N-dealkylation sites (tertiary alicyclic amines) is 2. The summed E-state index contributed by atoms with van der Waals surface area (Å²) >= 11 is 0. The van der Waals surface area contributed by atoms with Crippen LogP contribution in [0.5, 0.6) is 5.75 Å². The maximum Gasteiger partial charge on any atom is 0.234 e. The van der Waals surface area contributed by atoms with Crippen molar-refractivity contribution in [1.82, 2.24) is 9.80 Å². The third-order valence-corrected chi connectivity index (χ3v) is 8.06. The number of hydrogen-bond acceptors (Lipinski definition) is 5. The number of carbonyl (C=O) groups is 4. The van der Waals surface area contributed by atoms with E-state index in [1.54, 1.807) is 6.07 Å². The minimum absolute atomic E-state index is 0.164. The van der Waals surface area contributed by atoms with E-state index in [1.807, 2.05) is 19.9 Å². The van der Waals surface area contributed by atoms with Gasteiger partial charge in [-0.25, -0.2) is 4.39 Å². The largest absolute Gasteiger partial charge is 0.505 e. The van der Waals surface area contributed by atoms with E-state index >= 15 is 0 Å². The van der Waals surface area contributed by atoms with Crippen LogP contribution in [0.2, 0.25) is 0 Å². The van der Waals surface area contributed by atoms with E-state index in [-0.39, 0.29) is 29.5 Å². The number of imide groups is 2. The molecule has 4 amide bonds. The standard InChI is InChI=1S/C26H29FN2O5/c1-3-9-28-23(31)15-7-6-14-16(21(15)25(28)33)12-17-22(26(34)29(10-4-2)24(17)32)20(14)13-5-8-19(30)18(27)11-13/h5-6,8,11,15-17,20-22,30H,3-4,7,9-10,12H2,1-2H3. The van der Waals surface area contributed by atoms with E-state index in [4.69, 9.17) is 0 Å². The van der Waals surface area contributed by atoms with Gasteiger partial charge in [-0.15, -0.1) is 0 Å². The summed E-state index contributed by atoms with van der Waals surface area (Å²) in [5.74, 6) is -5.43. The Morgan fingerprint density at radius 3 is 2.12 bits per heavy atom. The molecule has 1 N–H and O–H groups in total. The van der Waals surface area contributed by atoms with Crippen molar-refractivity contribution in [3.63, 3.8) is 0 Å². The molecule has 6 atom stereocenters. The average Bonchev–Trinajstić information content (AvgIpc) is 3.20. The predicted octanol–water partition coefficient (Wildman–Crippen LogP) is 2.99. The number of phenolic OH excluding ortho intramolecular Hbond substituents is 1. The number of halogens is 1. The van der Waals surface area contributed by atoms with Crippen molar-refractivity contribution in [2.75, 3.05) is 13.1 Å². The predicted molar refractivity (Wildman–Crippen MR) is 120 cm³/mol. The zero-order valence-corrected chi connectivity index (χ0v) is 19.4. The zero-order chi connectivity index (χ0) is 24.3. The van der Waals surface area contributed by atoms with Crippen LogP contribution < -0.4 is 0 Å². The Bertz CT molecular complexity index is 1110. The van der Waals surface area contributed by atoms with Crippen molar-refractivity contribution >= 4 is 23.6 Å². The van der Waals surface area contributed by atoms with Crippen molar-refractivity contribution in [3.8, 4) is 5.75 Å². The van der Waals surface area contributed by atoms with Gasteiger partial charge in [-0.05, 0) is 49.3 Å². The van der Waals surface area contributed by atoms with Crippen molar-refractivity contribution in [2.24, 2.45) is 29.6 Å². The van der Waals surface area contributed by atoms with Gasteiger partial charge in [0.15, 0.2) is 11.6 Å². The summed E-state index contributed by atoms with van der Waals surface area (Å²) in [4.78, 5) is 55.8. The number of nitrogens with zero attached hydrogens (tertiary/aromatic N) is 2. The first-order valence-electron chi connectivity index (χ1n) is 12.2. The zero-order valence-electron chi connectivity index (χ0n) is 19.4. The van der Waals surface area contributed by atoms with Gasteiger partial charge in [0.05, 0.1) is 23.7 Å². The van der Waals surface area contributed by atoms with Crippen LogP contribution in [0.1, 0.15) is 51.0 Å². The molecule has 1 aromatic carbocycles. The lowest BCUT2D eigenvalue weighted by atomic mass is 9.57. The summed E-state index contributed by atoms with van der Waals surface area (Å²) in [5, 5.41) is 9.73. The van der Waals surface area contributed by atoms with Crippen LogP contribution in [0, 0.1) is 35.4 Å². The van der Waals surface area contributed by atoms with Crippen LogP contribution in [0.4, 0.5) is 4.39 Å². The molecule has 0 aromatic heterocycles. The van der Waals surface area contributed by atoms with Crippen LogP contribution in [0.3, 0.4) is 0 Å². The highest BCUT2D eigenvalue weighted by molar-refractivity contribution is 6.07. The Kier molecular flexibility index (Phi) is 5.57. The van der Waals surface area contributed by atoms with Crippen LogP contribution in [-0.2, 0) is 19.2 Å². The van der Waals surface area contributed by atoms with Crippen LogP contribution >= 0.6 is 0 Å². The molecule has 34 heavy (non-hydrogen) atoms. The molecular weight excluding hydrogens is 439 g/mol. The number of carbonyl (C=O) groups excluding carboxylic acids is 4. The normalized spacial score (nSPS) is 32.6. The molecule has 0 radical (unpaired) electrons. The van der Waals surface area contributed by atoms with E-state index in [0.29, 0.717) is 44.3 Å². The van der Waals surface area contributed by atoms with Crippen molar-refractivity contribution in [2.45, 2.75) is 45.4 Å². The van der Waals surface area contributed by atoms with Gasteiger partial charge in [-0.1, -0.05) is 31.6 Å². The second-order valence-corrected chi connectivity index (χ2v) is 9.89. The Balaban J connectivity index is 1.62. The number of rotatable bonds is 5. The number of benzene rings is 1. The molecular formula is C26H29FN2O5. The molecule has 2 heterocycles. The van der Waals surface area contributed by atoms with Gasteiger partial charge in [-0.2, -0.15) is 0 Å². The van der Waals surface area contributed by atoms with Crippen LogP contribution in [0.15, 0.2) is 29.8 Å². The van der Waals surface area contributed by atoms with Gasteiger partial charge in [0.1, 0.15) is 0 Å². The molecule has 0 bridgehead atoms. The number of allylic oxidation sites excluding steroid dienone is 2. The highest BCUT2D eigenvalue weighted by Crippen LogP contribution is 2.58. The highest BCUT2D eigenvalue weighted by Gasteiger charge is 2.61. The third-order valence-electron chi connectivity index (χ3n) is 8.06. The van der Waals surface area contributed by atoms with E-state index in [1.165, 1.54) is 21.9 Å². The number of fused-ring (bicyclic) bond motifs is 4. The molecule has 4 aliphatic rings. The number of aromatic hydroxyl groups is 1. The summed E-state index contributed by atoms with van der Waals surface area (Å²) in [6.45, 7) is 4.50. The summed E-state index contributed by atoms with van der Waals surface area (Å²) in [5.41, 5.74) is 1.34. The topological polar surface area (TPSA) is 95.0 Å². The maximum absolute atomic E-state index is 14.4. The fourth-order valence-electron chi connectivity index (χ4n) is 6.70. The van der Waals surface area contributed by atoms with E-state index in [2.05, 4.69) is 0 Å². The second kappa shape index (κ2) is 8.32. The summed E-state index contributed by atoms with van der Waals surface area (Å²) < 4.78 is 14.4.